The maximum absolute atomic E-state index is 12.7. The number of rotatable bonds is 4. The van der Waals surface area contributed by atoms with Crippen LogP contribution in [0.5, 0.6) is 0 Å². The Morgan fingerprint density at radius 2 is 2.07 bits per heavy atom. The number of carbonyl (C=O) groups excluding carboxylic acids is 1. The average Bonchev–Trinajstić information content (AvgIpc) is 3.19. The summed E-state index contributed by atoms with van der Waals surface area (Å²) in [4.78, 5) is 19.0. The number of guanidine groups is 1. The standard InChI is InChI=1S/C21H29N5O.HI/c1-23-21(24-14-17-7-5-6-16(12-17)13-22)25-19-10-11-26(15-19)20(27)18-8-3-2-4-9-18;/h5-7,12,18-19H,2-4,8-11,14-15H2,1H3,(H2,23,24,25);1H. The molecule has 1 heterocycles. The van der Waals surface area contributed by atoms with Gasteiger partial charge in [-0.05, 0) is 37.0 Å². The van der Waals surface area contributed by atoms with Gasteiger partial charge in [-0.1, -0.05) is 31.4 Å². The quantitative estimate of drug-likeness (QED) is 0.383. The SMILES string of the molecule is CN=C(NCc1cccc(C#N)c1)NC1CCN(C(=O)C2CCCCC2)C1.I. The summed E-state index contributed by atoms with van der Waals surface area (Å²) in [5.74, 6) is 1.31. The summed E-state index contributed by atoms with van der Waals surface area (Å²) < 4.78 is 0. The van der Waals surface area contributed by atoms with E-state index < -0.39 is 0 Å². The van der Waals surface area contributed by atoms with Crippen LogP contribution < -0.4 is 10.6 Å². The number of hydrogen-bond acceptors (Lipinski definition) is 3. The second-order valence-electron chi connectivity index (χ2n) is 7.49. The van der Waals surface area contributed by atoms with E-state index in [2.05, 4.69) is 21.7 Å². The number of hydrogen-bond donors (Lipinski definition) is 2. The second-order valence-corrected chi connectivity index (χ2v) is 7.49. The molecule has 2 N–H and O–H groups in total. The Hall–Kier alpha value is -1.82. The molecule has 0 radical (unpaired) electrons. The molecule has 1 saturated heterocycles. The van der Waals surface area contributed by atoms with Gasteiger partial charge >= 0.3 is 0 Å². The van der Waals surface area contributed by atoms with E-state index in [1.807, 2.05) is 23.1 Å². The molecule has 152 valence electrons. The summed E-state index contributed by atoms with van der Waals surface area (Å²) in [6.45, 7) is 2.18. The van der Waals surface area contributed by atoms with E-state index in [0.717, 1.165) is 43.9 Å². The van der Waals surface area contributed by atoms with E-state index >= 15 is 0 Å². The van der Waals surface area contributed by atoms with Gasteiger partial charge in [0.1, 0.15) is 0 Å². The van der Waals surface area contributed by atoms with Gasteiger partial charge < -0.3 is 15.5 Å². The van der Waals surface area contributed by atoms with Crippen LogP contribution in [-0.4, -0.2) is 42.9 Å². The number of benzene rings is 1. The van der Waals surface area contributed by atoms with Crippen LogP contribution in [0.15, 0.2) is 29.3 Å². The molecule has 1 saturated carbocycles. The third-order valence-electron chi connectivity index (χ3n) is 5.53. The van der Waals surface area contributed by atoms with Crippen molar-refractivity contribution in [3.63, 3.8) is 0 Å². The lowest BCUT2D eigenvalue weighted by atomic mass is 9.88. The van der Waals surface area contributed by atoms with Gasteiger partial charge in [-0.15, -0.1) is 24.0 Å². The van der Waals surface area contributed by atoms with E-state index in [4.69, 9.17) is 5.26 Å². The summed E-state index contributed by atoms with van der Waals surface area (Å²) in [5, 5.41) is 15.7. The number of aliphatic imine (C=N–C) groups is 1. The predicted octanol–water partition coefficient (Wildman–Crippen LogP) is 3.02. The highest BCUT2D eigenvalue weighted by Crippen LogP contribution is 2.26. The third-order valence-corrected chi connectivity index (χ3v) is 5.53. The van der Waals surface area contributed by atoms with Crippen molar-refractivity contribution in [2.45, 2.75) is 51.1 Å². The smallest absolute Gasteiger partial charge is 0.225 e. The highest BCUT2D eigenvalue weighted by atomic mass is 127. The van der Waals surface area contributed by atoms with E-state index in [1.165, 1.54) is 19.3 Å². The van der Waals surface area contributed by atoms with Crippen molar-refractivity contribution in [2.75, 3.05) is 20.1 Å². The molecule has 0 aromatic heterocycles. The first-order chi connectivity index (χ1) is 13.2. The number of nitriles is 1. The number of nitrogens with one attached hydrogen (secondary N) is 2. The molecular formula is C21H30IN5O. The van der Waals surface area contributed by atoms with Crippen LogP contribution in [0.4, 0.5) is 0 Å². The van der Waals surface area contributed by atoms with Gasteiger partial charge in [0.2, 0.25) is 5.91 Å². The highest BCUT2D eigenvalue weighted by molar-refractivity contribution is 14.0. The van der Waals surface area contributed by atoms with Gasteiger partial charge in [0, 0.05) is 38.6 Å². The van der Waals surface area contributed by atoms with Crippen LogP contribution in [0.3, 0.4) is 0 Å². The Bertz CT molecular complexity index is 724. The number of carbonyl (C=O) groups is 1. The minimum Gasteiger partial charge on any atom is -0.352 e. The predicted molar refractivity (Wildman–Crippen MR) is 121 cm³/mol. The Kier molecular flexibility index (Phi) is 9.03. The molecule has 1 aromatic carbocycles. The summed E-state index contributed by atoms with van der Waals surface area (Å²) in [6.07, 6.45) is 6.71. The fraction of sp³-hybridized carbons (Fsp3) is 0.571. The Labute approximate surface area is 184 Å². The minimum atomic E-state index is 0. The molecule has 1 aromatic rings. The second kappa shape index (κ2) is 11.2. The molecule has 0 bridgehead atoms. The number of likely N-dealkylation sites (tertiary alicyclic amines) is 1. The van der Waals surface area contributed by atoms with Crippen LogP contribution in [0, 0.1) is 17.2 Å². The lowest BCUT2D eigenvalue weighted by molar-refractivity contribution is -0.135. The largest absolute Gasteiger partial charge is 0.352 e. The van der Waals surface area contributed by atoms with E-state index in [0.29, 0.717) is 18.0 Å². The topological polar surface area (TPSA) is 80.5 Å². The first-order valence-electron chi connectivity index (χ1n) is 9.94. The van der Waals surface area contributed by atoms with Crippen LogP contribution >= 0.6 is 24.0 Å². The fourth-order valence-corrected chi connectivity index (χ4v) is 4.01. The zero-order valence-corrected chi connectivity index (χ0v) is 18.8. The van der Waals surface area contributed by atoms with Crippen molar-refractivity contribution in [1.82, 2.24) is 15.5 Å². The van der Waals surface area contributed by atoms with Crippen molar-refractivity contribution < 1.29 is 4.79 Å². The van der Waals surface area contributed by atoms with Gasteiger partial charge in [-0.25, -0.2) is 0 Å². The molecule has 3 rings (SSSR count). The summed E-state index contributed by atoms with van der Waals surface area (Å²) in [6, 6.07) is 9.94. The van der Waals surface area contributed by atoms with Gasteiger partial charge in [0.25, 0.3) is 0 Å². The van der Waals surface area contributed by atoms with Crippen molar-refractivity contribution >= 4 is 35.8 Å². The van der Waals surface area contributed by atoms with Crippen LogP contribution in [-0.2, 0) is 11.3 Å². The normalized spacial score (nSPS) is 20.2. The molecule has 0 spiro atoms. The first-order valence-corrected chi connectivity index (χ1v) is 9.94. The van der Waals surface area contributed by atoms with Crippen LogP contribution in [0.25, 0.3) is 0 Å². The highest BCUT2D eigenvalue weighted by Gasteiger charge is 2.31. The first kappa shape index (κ1) is 22.5. The van der Waals surface area contributed by atoms with Crippen molar-refractivity contribution in [3.05, 3.63) is 35.4 Å². The van der Waals surface area contributed by atoms with E-state index in [9.17, 15) is 4.79 Å². The van der Waals surface area contributed by atoms with Crippen LogP contribution in [0.2, 0.25) is 0 Å². The maximum Gasteiger partial charge on any atom is 0.225 e. The van der Waals surface area contributed by atoms with Crippen molar-refractivity contribution in [3.8, 4) is 6.07 Å². The van der Waals surface area contributed by atoms with Crippen LogP contribution in [0.1, 0.15) is 49.7 Å². The lowest BCUT2D eigenvalue weighted by Crippen LogP contribution is -2.45. The molecule has 1 unspecified atom stereocenters. The van der Waals surface area contributed by atoms with Gasteiger partial charge in [-0.3, -0.25) is 9.79 Å². The molecule has 28 heavy (non-hydrogen) atoms. The van der Waals surface area contributed by atoms with Gasteiger partial charge in [0.15, 0.2) is 5.96 Å². The summed E-state index contributed by atoms with van der Waals surface area (Å²) >= 11 is 0. The molecule has 1 amide bonds. The van der Waals surface area contributed by atoms with Crippen molar-refractivity contribution in [2.24, 2.45) is 10.9 Å². The van der Waals surface area contributed by atoms with E-state index in [1.54, 1.807) is 13.1 Å². The molecule has 1 atom stereocenters. The lowest BCUT2D eigenvalue weighted by Gasteiger charge is -2.26. The number of halogens is 1. The third kappa shape index (κ3) is 6.09. The average molecular weight is 495 g/mol. The molecule has 6 nitrogen and oxygen atoms in total. The Balaban J connectivity index is 0.00000280. The van der Waals surface area contributed by atoms with E-state index in [-0.39, 0.29) is 35.9 Å². The summed E-state index contributed by atoms with van der Waals surface area (Å²) in [5.41, 5.74) is 1.70. The van der Waals surface area contributed by atoms with Gasteiger partial charge in [0.05, 0.1) is 11.6 Å². The molecule has 7 heteroatoms. The minimum absolute atomic E-state index is 0. The molecule has 1 aliphatic heterocycles. The molecule has 2 aliphatic rings. The monoisotopic (exact) mass is 495 g/mol. The fourth-order valence-electron chi connectivity index (χ4n) is 4.01. The number of nitrogens with zero attached hydrogens (tertiary/aromatic N) is 3. The zero-order valence-electron chi connectivity index (χ0n) is 16.5. The summed E-state index contributed by atoms with van der Waals surface area (Å²) in [7, 11) is 1.75. The van der Waals surface area contributed by atoms with Gasteiger partial charge in [-0.2, -0.15) is 5.26 Å². The molecular weight excluding hydrogens is 465 g/mol. The maximum atomic E-state index is 12.7. The number of amides is 1. The van der Waals surface area contributed by atoms with Crippen molar-refractivity contribution in [1.29, 1.82) is 5.26 Å². The molecule has 2 fully saturated rings. The zero-order chi connectivity index (χ0) is 19.1. The Morgan fingerprint density at radius 3 is 2.79 bits per heavy atom. The molecule has 1 aliphatic carbocycles. The Morgan fingerprint density at radius 1 is 1.29 bits per heavy atom.